The van der Waals surface area contributed by atoms with Gasteiger partial charge in [0.1, 0.15) is 0 Å². The molecule has 1 aliphatic rings. The van der Waals surface area contributed by atoms with Gasteiger partial charge >= 0.3 is 0 Å². The van der Waals surface area contributed by atoms with Crippen LogP contribution in [0.3, 0.4) is 0 Å². The second-order valence-corrected chi connectivity index (χ2v) is 5.10. The first-order chi connectivity index (χ1) is 9.29. The average Bonchev–Trinajstić information content (AvgIpc) is 2.48. The standard InChI is InChI=1S/C15H22N2O2/c18-11-14(10-12-4-2-1-3-5-12)17-15(19)13-6-8-16-9-7-13/h1-5,13-14,16,18H,6-11H2,(H,17,19). The van der Waals surface area contributed by atoms with Crippen molar-refractivity contribution in [3.8, 4) is 0 Å². The fourth-order valence-electron chi connectivity index (χ4n) is 2.46. The summed E-state index contributed by atoms with van der Waals surface area (Å²) >= 11 is 0. The van der Waals surface area contributed by atoms with Crippen molar-refractivity contribution in [3.05, 3.63) is 35.9 Å². The summed E-state index contributed by atoms with van der Waals surface area (Å²) in [7, 11) is 0. The van der Waals surface area contributed by atoms with E-state index in [1.807, 2.05) is 30.3 Å². The lowest BCUT2D eigenvalue weighted by Gasteiger charge is -2.24. The third kappa shape index (κ3) is 4.33. The minimum Gasteiger partial charge on any atom is -0.394 e. The van der Waals surface area contributed by atoms with E-state index in [1.165, 1.54) is 0 Å². The summed E-state index contributed by atoms with van der Waals surface area (Å²) in [5, 5.41) is 15.6. The summed E-state index contributed by atoms with van der Waals surface area (Å²) in [6, 6.07) is 9.74. The van der Waals surface area contributed by atoms with Crippen molar-refractivity contribution in [3.63, 3.8) is 0 Å². The molecule has 0 aromatic heterocycles. The molecule has 0 radical (unpaired) electrons. The average molecular weight is 262 g/mol. The highest BCUT2D eigenvalue weighted by molar-refractivity contribution is 5.79. The highest BCUT2D eigenvalue weighted by Crippen LogP contribution is 2.12. The number of hydrogen-bond donors (Lipinski definition) is 3. The lowest BCUT2D eigenvalue weighted by molar-refractivity contribution is -0.126. The molecular weight excluding hydrogens is 240 g/mol. The molecule has 4 nitrogen and oxygen atoms in total. The molecule has 0 bridgehead atoms. The molecule has 0 spiro atoms. The van der Waals surface area contributed by atoms with Crippen molar-refractivity contribution < 1.29 is 9.90 Å². The van der Waals surface area contributed by atoms with E-state index in [1.54, 1.807) is 0 Å². The number of benzene rings is 1. The number of carbonyl (C=O) groups is 1. The zero-order valence-electron chi connectivity index (χ0n) is 11.1. The van der Waals surface area contributed by atoms with Gasteiger partial charge in [-0.2, -0.15) is 0 Å². The van der Waals surface area contributed by atoms with Crippen LogP contribution in [0.5, 0.6) is 0 Å². The Balaban J connectivity index is 1.86. The van der Waals surface area contributed by atoms with Crippen LogP contribution in [0.4, 0.5) is 0 Å². The lowest BCUT2D eigenvalue weighted by Crippen LogP contribution is -2.45. The van der Waals surface area contributed by atoms with Crippen molar-refractivity contribution in [1.29, 1.82) is 0 Å². The van der Waals surface area contributed by atoms with Gasteiger partial charge in [-0.3, -0.25) is 4.79 Å². The van der Waals surface area contributed by atoms with Gasteiger partial charge in [0.05, 0.1) is 12.6 Å². The van der Waals surface area contributed by atoms with Crippen LogP contribution in [0.1, 0.15) is 18.4 Å². The van der Waals surface area contributed by atoms with E-state index < -0.39 is 0 Å². The Morgan fingerprint density at radius 2 is 2.00 bits per heavy atom. The highest BCUT2D eigenvalue weighted by atomic mass is 16.3. The van der Waals surface area contributed by atoms with Crippen LogP contribution >= 0.6 is 0 Å². The molecule has 1 amide bonds. The predicted molar refractivity (Wildman–Crippen MR) is 74.8 cm³/mol. The number of rotatable bonds is 5. The molecule has 1 aromatic carbocycles. The van der Waals surface area contributed by atoms with E-state index in [0.29, 0.717) is 6.42 Å². The Morgan fingerprint density at radius 1 is 1.32 bits per heavy atom. The maximum absolute atomic E-state index is 12.1. The topological polar surface area (TPSA) is 61.4 Å². The molecule has 104 valence electrons. The van der Waals surface area contributed by atoms with E-state index in [4.69, 9.17) is 0 Å². The molecule has 1 atom stereocenters. The lowest BCUT2D eigenvalue weighted by atomic mass is 9.96. The normalized spacial score (nSPS) is 17.9. The largest absolute Gasteiger partial charge is 0.394 e. The molecule has 1 unspecified atom stereocenters. The van der Waals surface area contributed by atoms with E-state index in [-0.39, 0.29) is 24.5 Å². The van der Waals surface area contributed by atoms with Gasteiger partial charge in [-0.25, -0.2) is 0 Å². The predicted octanol–water partition coefficient (Wildman–Crippen LogP) is 0.706. The van der Waals surface area contributed by atoms with Crippen LogP contribution in [0, 0.1) is 5.92 Å². The number of hydrogen-bond acceptors (Lipinski definition) is 3. The maximum atomic E-state index is 12.1. The Kier molecular flexibility index (Phi) is 5.36. The van der Waals surface area contributed by atoms with Gasteiger partial charge in [-0.15, -0.1) is 0 Å². The smallest absolute Gasteiger partial charge is 0.223 e. The number of aliphatic hydroxyl groups is 1. The Morgan fingerprint density at radius 3 is 2.63 bits per heavy atom. The molecule has 3 N–H and O–H groups in total. The number of amides is 1. The van der Waals surface area contributed by atoms with E-state index in [0.717, 1.165) is 31.5 Å². The van der Waals surface area contributed by atoms with Crippen molar-refractivity contribution in [2.75, 3.05) is 19.7 Å². The Hall–Kier alpha value is -1.39. The van der Waals surface area contributed by atoms with Crippen LogP contribution in [0.15, 0.2) is 30.3 Å². The van der Waals surface area contributed by atoms with Crippen molar-refractivity contribution in [2.24, 2.45) is 5.92 Å². The molecule has 19 heavy (non-hydrogen) atoms. The van der Waals surface area contributed by atoms with Crippen molar-refractivity contribution in [1.82, 2.24) is 10.6 Å². The number of piperidine rings is 1. The maximum Gasteiger partial charge on any atom is 0.223 e. The molecule has 0 saturated carbocycles. The molecular formula is C15H22N2O2. The van der Waals surface area contributed by atoms with Crippen LogP contribution in [-0.2, 0) is 11.2 Å². The van der Waals surface area contributed by atoms with Crippen LogP contribution < -0.4 is 10.6 Å². The third-order valence-electron chi connectivity index (χ3n) is 3.60. The van der Waals surface area contributed by atoms with Gasteiger partial charge in [0, 0.05) is 5.92 Å². The van der Waals surface area contributed by atoms with Gasteiger partial charge in [-0.05, 0) is 37.9 Å². The van der Waals surface area contributed by atoms with Gasteiger partial charge in [0.25, 0.3) is 0 Å². The summed E-state index contributed by atoms with van der Waals surface area (Å²) in [4.78, 5) is 12.1. The Bertz CT molecular complexity index is 388. The highest BCUT2D eigenvalue weighted by Gasteiger charge is 2.22. The zero-order chi connectivity index (χ0) is 13.5. The van der Waals surface area contributed by atoms with Crippen LogP contribution in [0.25, 0.3) is 0 Å². The minimum absolute atomic E-state index is 0.0222. The van der Waals surface area contributed by atoms with E-state index in [2.05, 4.69) is 10.6 Å². The second kappa shape index (κ2) is 7.26. The Labute approximate surface area is 114 Å². The molecule has 0 aliphatic carbocycles. The SMILES string of the molecule is O=C(NC(CO)Cc1ccccc1)C1CCNCC1. The number of nitrogens with one attached hydrogen (secondary N) is 2. The molecule has 2 rings (SSSR count). The number of aliphatic hydroxyl groups excluding tert-OH is 1. The first-order valence-electron chi connectivity index (χ1n) is 6.95. The number of carbonyl (C=O) groups excluding carboxylic acids is 1. The third-order valence-corrected chi connectivity index (χ3v) is 3.60. The molecule has 4 heteroatoms. The zero-order valence-corrected chi connectivity index (χ0v) is 11.1. The molecule has 1 fully saturated rings. The molecule has 1 heterocycles. The summed E-state index contributed by atoms with van der Waals surface area (Å²) < 4.78 is 0. The minimum atomic E-state index is -0.190. The van der Waals surface area contributed by atoms with E-state index >= 15 is 0 Å². The van der Waals surface area contributed by atoms with Gasteiger partial charge in [0.15, 0.2) is 0 Å². The fourth-order valence-corrected chi connectivity index (χ4v) is 2.46. The van der Waals surface area contributed by atoms with Crippen LogP contribution in [0.2, 0.25) is 0 Å². The summed E-state index contributed by atoms with van der Waals surface area (Å²) in [6.45, 7) is 1.78. The molecule has 1 saturated heterocycles. The van der Waals surface area contributed by atoms with Crippen molar-refractivity contribution in [2.45, 2.75) is 25.3 Å². The summed E-state index contributed by atoms with van der Waals surface area (Å²) in [6.07, 6.45) is 2.44. The molecule has 1 aliphatic heterocycles. The molecule has 1 aromatic rings. The monoisotopic (exact) mass is 262 g/mol. The van der Waals surface area contributed by atoms with Gasteiger partial charge < -0.3 is 15.7 Å². The quantitative estimate of drug-likeness (QED) is 0.732. The first kappa shape index (κ1) is 14.0. The van der Waals surface area contributed by atoms with Crippen LogP contribution in [-0.4, -0.2) is 36.8 Å². The van der Waals surface area contributed by atoms with Gasteiger partial charge in [0.2, 0.25) is 5.91 Å². The summed E-state index contributed by atoms with van der Waals surface area (Å²) in [5.41, 5.74) is 1.13. The fraction of sp³-hybridized carbons (Fsp3) is 0.533. The van der Waals surface area contributed by atoms with Crippen molar-refractivity contribution >= 4 is 5.91 Å². The van der Waals surface area contributed by atoms with E-state index in [9.17, 15) is 9.90 Å². The van der Waals surface area contributed by atoms with Gasteiger partial charge in [-0.1, -0.05) is 30.3 Å². The summed E-state index contributed by atoms with van der Waals surface area (Å²) in [5.74, 6) is 0.169. The first-order valence-corrected chi connectivity index (χ1v) is 6.95. The second-order valence-electron chi connectivity index (χ2n) is 5.10.